The lowest BCUT2D eigenvalue weighted by Crippen LogP contribution is -2.43. The minimum atomic E-state index is -1.39. The number of alkyl halides is 2. The van der Waals surface area contributed by atoms with E-state index in [-0.39, 0.29) is 61.9 Å². The molecule has 17 nitrogen and oxygen atoms in total. The molecule has 0 amide bonds. The quantitative estimate of drug-likeness (QED) is 0.0407. The molecular formula is C50H76Br2O17Si2. The minimum absolute atomic E-state index is 0.0124. The maximum Gasteiger partial charge on any atom is 0.508 e. The first kappa shape index (κ1) is 64.7. The molecule has 0 spiro atoms. The first-order valence-corrected chi connectivity index (χ1v) is 31.8. The summed E-state index contributed by atoms with van der Waals surface area (Å²) in [6.45, 7) is 24.2. The Morgan fingerprint density at radius 1 is 0.634 bits per heavy atom. The molecule has 400 valence electrons. The number of halogens is 2. The molecule has 3 rings (SSSR count). The van der Waals surface area contributed by atoms with Crippen LogP contribution in [0.4, 0.5) is 9.59 Å². The molecular weight excluding hydrogens is 1090 g/mol. The van der Waals surface area contributed by atoms with Crippen LogP contribution in [-0.2, 0) is 66.6 Å². The lowest BCUT2D eigenvalue weighted by Gasteiger charge is -2.28. The normalized spacial score (nSPS) is 15.1. The van der Waals surface area contributed by atoms with Crippen LogP contribution in [-0.4, -0.2) is 130 Å². The van der Waals surface area contributed by atoms with E-state index in [1.165, 1.54) is 44.0 Å². The largest absolute Gasteiger partial charge is 0.508 e. The molecule has 1 N–H and O–H groups in total. The standard InChI is InChI=1S/C26H39BrO9Si.C17H27BrO3Si.C7H10O5/c1-18(28)35-16-26(4,23(30)32-5)17-36-24(31)34-14-13-33-22(29)25(2,3)15-21(27)19-9-11-20(12-10-19)37(6,7)8;1-17(2,16(20)21-11-10-19)12-15(18)13-6-8-14(9-7-13)22(3,4)5;1-7(5(8)10-2)3-11-6(9)12-4-7/h9-12,21H,13-17H2,1-8H3;6-9,15,19H,10-12H2,1-5H3;3-4H2,1-2H3. The fourth-order valence-corrected chi connectivity index (χ4v) is 10.8. The molecule has 1 aliphatic rings. The summed E-state index contributed by atoms with van der Waals surface area (Å²) in [4.78, 5) is 81.3. The molecule has 21 heteroatoms. The number of hydrogen-bond donors (Lipinski definition) is 1. The monoisotopic (exact) mass is 1160 g/mol. The highest BCUT2D eigenvalue weighted by Crippen LogP contribution is 2.38. The van der Waals surface area contributed by atoms with Crippen LogP contribution in [0.15, 0.2) is 48.5 Å². The van der Waals surface area contributed by atoms with E-state index in [0.29, 0.717) is 12.8 Å². The Hall–Kier alpha value is -4.32. The van der Waals surface area contributed by atoms with E-state index in [0.717, 1.165) is 5.56 Å². The average molecular weight is 1170 g/mol. The summed E-state index contributed by atoms with van der Waals surface area (Å²) >= 11 is 7.38. The summed E-state index contributed by atoms with van der Waals surface area (Å²) in [5.74, 6) is -2.43. The zero-order valence-electron chi connectivity index (χ0n) is 44.1. The molecule has 0 aromatic heterocycles. The Balaban J connectivity index is 0.000000618. The molecule has 2 aromatic carbocycles. The molecule has 0 bridgehead atoms. The number of methoxy groups -OCH3 is 2. The number of aliphatic hydroxyl groups is 1. The highest BCUT2D eigenvalue weighted by atomic mass is 79.9. The summed E-state index contributed by atoms with van der Waals surface area (Å²) in [6, 6.07) is 17.2. The van der Waals surface area contributed by atoms with Gasteiger partial charge in [0, 0.05) is 16.6 Å². The molecule has 3 atom stereocenters. The number of aliphatic hydroxyl groups excluding tert-OH is 1. The third-order valence-electron chi connectivity index (χ3n) is 11.1. The van der Waals surface area contributed by atoms with Gasteiger partial charge in [-0.3, -0.25) is 24.0 Å². The average Bonchev–Trinajstić information content (AvgIpc) is 3.30. The molecule has 1 saturated heterocycles. The molecule has 2 aromatic rings. The lowest BCUT2D eigenvalue weighted by molar-refractivity contribution is -0.164. The van der Waals surface area contributed by atoms with Crippen molar-refractivity contribution in [2.45, 2.75) is 110 Å². The Morgan fingerprint density at radius 3 is 1.39 bits per heavy atom. The molecule has 0 saturated carbocycles. The summed E-state index contributed by atoms with van der Waals surface area (Å²) in [6.07, 6.45) is -0.647. The number of ether oxygens (including phenoxy) is 9. The molecule has 1 aliphatic heterocycles. The van der Waals surface area contributed by atoms with Crippen LogP contribution in [0, 0.1) is 21.7 Å². The number of hydrogen-bond acceptors (Lipinski definition) is 17. The Morgan fingerprint density at radius 2 is 1.03 bits per heavy atom. The van der Waals surface area contributed by atoms with E-state index in [4.69, 9.17) is 28.8 Å². The van der Waals surface area contributed by atoms with Gasteiger partial charge >= 0.3 is 42.2 Å². The van der Waals surface area contributed by atoms with Crippen molar-refractivity contribution in [2.75, 3.05) is 67.1 Å². The van der Waals surface area contributed by atoms with Crippen LogP contribution in [0.1, 0.15) is 82.1 Å². The van der Waals surface area contributed by atoms with Gasteiger partial charge in [-0.05, 0) is 65.5 Å². The number of carbonyl (C=O) groups excluding carboxylic acids is 7. The highest BCUT2D eigenvalue weighted by molar-refractivity contribution is 9.09. The predicted octanol–water partition coefficient (Wildman–Crippen LogP) is 8.48. The maximum atomic E-state index is 12.7. The van der Waals surface area contributed by atoms with Gasteiger partial charge in [-0.25, -0.2) is 9.59 Å². The Labute approximate surface area is 438 Å². The van der Waals surface area contributed by atoms with Gasteiger partial charge in [-0.1, -0.05) is 130 Å². The van der Waals surface area contributed by atoms with Crippen LogP contribution < -0.4 is 10.4 Å². The second kappa shape index (κ2) is 28.8. The van der Waals surface area contributed by atoms with Gasteiger partial charge in [0.15, 0.2) is 0 Å². The molecule has 3 unspecified atom stereocenters. The van der Waals surface area contributed by atoms with E-state index in [9.17, 15) is 33.6 Å². The van der Waals surface area contributed by atoms with Crippen LogP contribution >= 0.6 is 31.9 Å². The van der Waals surface area contributed by atoms with Gasteiger partial charge in [0.05, 0.1) is 47.8 Å². The zero-order valence-corrected chi connectivity index (χ0v) is 49.3. The van der Waals surface area contributed by atoms with Crippen LogP contribution in [0.3, 0.4) is 0 Å². The first-order chi connectivity index (χ1) is 32.7. The number of benzene rings is 2. The van der Waals surface area contributed by atoms with Crippen molar-refractivity contribution in [3.63, 3.8) is 0 Å². The second-order valence-corrected chi connectivity index (χ2v) is 33.3. The number of rotatable bonds is 21. The van der Waals surface area contributed by atoms with Gasteiger partial charge in [0.25, 0.3) is 0 Å². The number of cyclic esters (lactones) is 2. The zero-order chi connectivity index (χ0) is 54.6. The van der Waals surface area contributed by atoms with Gasteiger partial charge < -0.3 is 47.7 Å². The fraction of sp³-hybridized carbons (Fsp3) is 0.620. The molecule has 1 heterocycles. The van der Waals surface area contributed by atoms with Crippen LogP contribution in [0.2, 0.25) is 39.3 Å². The smallest absolute Gasteiger partial charge is 0.468 e. The van der Waals surface area contributed by atoms with Crippen molar-refractivity contribution >= 4 is 101 Å². The summed E-state index contributed by atoms with van der Waals surface area (Å²) in [5, 5.41) is 11.5. The highest BCUT2D eigenvalue weighted by Gasteiger charge is 2.42. The van der Waals surface area contributed by atoms with E-state index in [1.54, 1.807) is 20.8 Å². The Kier molecular flexibility index (Phi) is 26.2. The molecule has 1 fully saturated rings. The van der Waals surface area contributed by atoms with Gasteiger partial charge in [0.1, 0.15) is 57.1 Å². The lowest BCUT2D eigenvalue weighted by atomic mass is 9.86. The Bertz CT molecular complexity index is 2060. The maximum absolute atomic E-state index is 12.7. The third kappa shape index (κ3) is 22.6. The summed E-state index contributed by atoms with van der Waals surface area (Å²) < 4.78 is 43.4. The molecule has 71 heavy (non-hydrogen) atoms. The van der Waals surface area contributed by atoms with Crippen molar-refractivity contribution in [1.82, 2.24) is 0 Å². The van der Waals surface area contributed by atoms with E-state index < -0.39 is 80.6 Å². The minimum Gasteiger partial charge on any atom is -0.468 e. The molecule has 0 radical (unpaired) electrons. The number of carbonyl (C=O) groups is 7. The second-order valence-electron chi connectivity index (χ2n) is 20.9. The van der Waals surface area contributed by atoms with Crippen LogP contribution in [0.25, 0.3) is 0 Å². The van der Waals surface area contributed by atoms with Crippen molar-refractivity contribution in [3.8, 4) is 0 Å². The predicted molar refractivity (Wildman–Crippen MR) is 279 cm³/mol. The van der Waals surface area contributed by atoms with Crippen molar-refractivity contribution in [2.24, 2.45) is 21.7 Å². The van der Waals surface area contributed by atoms with E-state index >= 15 is 0 Å². The first-order valence-electron chi connectivity index (χ1n) is 23.0. The van der Waals surface area contributed by atoms with Gasteiger partial charge in [-0.2, -0.15) is 0 Å². The van der Waals surface area contributed by atoms with Crippen molar-refractivity contribution in [3.05, 3.63) is 59.7 Å². The van der Waals surface area contributed by atoms with Crippen molar-refractivity contribution in [1.29, 1.82) is 0 Å². The van der Waals surface area contributed by atoms with Crippen LogP contribution in [0.5, 0.6) is 0 Å². The van der Waals surface area contributed by atoms with Crippen molar-refractivity contribution < 1.29 is 81.3 Å². The van der Waals surface area contributed by atoms with E-state index in [2.05, 4.69) is 139 Å². The topological polar surface area (TPSA) is 223 Å². The van der Waals surface area contributed by atoms with E-state index in [1.807, 2.05) is 13.8 Å². The van der Waals surface area contributed by atoms with Gasteiger partial charge in [-0.15, -0.1) is 0 Å². The summed E-state index contributed by atoms with van der Waals surface area (Å²) in [7, 11) is -0.216. The van der Waals surface area contributed by atoms with Gasteiger partial charge in [0.2, 0.25) is 0 Å². The molecule has 0 aliphatic carbocycles. The number of esters is 5. The fourth-order valence-electron chi connectivity index (χ4n) is 6.28. The SMILES string of the molecule is CC(C)(CC(Br)c1ccc([Si](C)(C)C)cc1)C(=O)OCCO.COC(=O)C(C)(COC(C)=O)COC(=O)OCCOC(=O)C(C)(C)CC(Br)c1ccc([Si](C)(C)C)cc1.COC(=O)C1(C)COC(=O)OC1. The summed E-state index contributed by atoms with van der Waals surface area (Å²) in [5.41, 5.74) is -1.38. The third-order valence-corrected chi connectivity index (χ3v) is 16.9.